The summed E-state index contributed by atoms with van der Waals surface area (Å²) in [5.74, 6) is -7.21. The van der Waals surface area contributed by atoms with Crippen LogP contribution in [0.15, 0.2) is 18.2 Å². The van der Waals surface area contributed by atoms with Crippen LogP contribution >= 0.6 is 0 Å². The van der Waals surface area contributed by atoms with Gasteiger partial charge in [0.2, 0.25) is 0 Å². The average Bonchev–Trinajstić information content (AvgIpc) is 2.30. The lowest BCUT2D eigenvalue weighted by Gasteiger charge is -2.14. The second-order valence-corrected chi connectivity index (χ2v) is 3.66. The van der Waals surface area contributed by atoms with Crippen LogP contribution in [0.5, 0.6) is 0 Å². The van der Waals surface area contributed by atoms with Crippen LogP contribution in [0.2, 0.25) is 0 Å². The van der Waals surface area contributed by atoms with Crippen LogP contribution in [-0.2, 0) is 4.79 Å². The molecule has 1 rings (SSSR count). The van der Waals surface area contributed by atoms with Gasteiger partial charge in [-0.2, -0.15) is 8.78 Å². The first-order chi connectivity index (χ1) is 8.66. The minimum absolute atomic E-state index is 0.449. The van der Waals surface area contributed by atoms with Crippen molar-refractivity contribution < 1.29 is 27.3 Å². The molecule has 0 spiro atoms. The molecule has 0 heterocycles. The largest absolute Gasteiger partial charge is 0.383 e. The van der Waals surface area contributed by atoms with E-state index in [-0.39, 0.29) is 0 Å². The van der Waals surface area contributed by atoms with Gasteiger partial charge in [0.1, 0.15) is 5.69 Å². The summed E-state index contributed by atoms with van der Waals surface area (Å²) >= 11 is 0. The van der Waals surface area contributed by atoms with Crippen LogP contribution < -0.4 is 5.32 Å². The van der Waals surface area contributed by atoms with Gasteiger partial charge in [0.25, 0.3) is 5.69 Å². The van der Waals surface area contributed by atoms with Crippen molar-refractivity contribution >= 4 is 17.3 Å². The minimum Gasteiger partial charge on any atom is -0.315 e. The second kappa shape index (κ2) is 5.21. The van der Waals surface area contributed by atoms with Crippen molar-refractivity contribution in [2.24, 2.45) is 0 Å². The number of carbonyl (C=O) groups is 1. The normalized spacial score (nSPS) is 11.5. The van der Waals surface area contributed by atoms with Crippen LogP contribution in [0.4, 0.5) is 28.9 Å². The molecule has 1 aromatic carbocycles. The van der Waals surface area contributed by atoms with Crippen LogP contribution in [0.25, 0.3) is 0 Å². The summed E-state index contributed by atoms with van der Waals surface area (Å²) in [7, 11) is 0. The first-order valence-electron chi connectivity index (χ1n) is 4.88. The maximum atomic E-state index is 12.7. The number of nitrogens with one attached hydrogen (secondary N) is 1. The van der Waals surface area contributed by atoms with Crippen molar-refractivity contribution in [3.63, 3.8) is 0 Å². The Bertz CT molecular complexity index is 519. The van der Waals surface area contributed by atoms with Gasteiger partial charge in [-0.1, -0.05) is 6.07 Å². The number of nitrogens with zero attached hydrogens (tertiary/aromatic N) is 1. The van der Waals surface area contributed by atoms with E-state index in [0.717, 1.165) is 12.1 Å². The molecule has 0 aliphatic rings. The zero-order valence-corrected chi connectivity index (χ0v) is 9.49. The SMILES string of the molecule is Cc1ccc(NC(=O)C(F)(F)C(F)F)c([N+](=O)[O-])c1. The number of hydrogen-bond donors (Lipinski definition) is 1. The molecule has 104 valence electrons. The summed E-state index contributed by atoms with van der Waals surface area (Å²) in [4.78, 5) is 20.7. The molecule has 1 N–H and O–H groups in total. The fourth-order valence-corrected chi connectivity index (χ4v) is 1.20. The van der Waals surface area contributed by atoms with Gasteiger partial charge >= 0.3 is 18.3 Å². The van der Waals surface area contributed by atoms with Gasteiger partial charge < -0.3 is 5.32 Å². The number of hydrogen-bond acceptors (Lipinski definition) is 3. The van der Waals surface area contributed by atoms with E-state index in [9.17, 15) is 32.5 Å². The molecule has 19 heavy (non-hydrogen) atoms. The molecular formula is C10H8F4N2O3. The van der Waals surface area contributed by atoms with Crippen molar-refractivity contribution in [2.45, 2.75) is 19.3 Å². The summed E-state index contributed by atoms with van der Waals surface area (Å²) in [5.41, 5.74) is -0.773. The number of nitro groups is 1. The zero-order chi connectivity index (χ0) is 14.8. The Hall–Kier alpha value is -2.19. The number of benzene rings is 1. The van der Waals surface area contributed by atoms with E-state index in [1.807, 2.05) is 0 Å². The van der Waals surface area contributed by atoms with Gasteiger partial charge in [0.05, 0.1) is 4.92 Å². The van der Waals surface area contributed by atoms with Crippen LogP contribution in [0.3, 0.4) is 0 Å². The molecule has 0 bridgehead atoms. The number of nitro benzene ring substituents is 1. The Morgan fingerprint density at radius 1 is 1.42 bits per heavy atom. The standard InChI is InChI=1S/C10H8F4N2O3/c1-5-2-3-6(7(4-5)16(18)19)15-9(17)10(13,14)8(11)12/h2-4,8H,1H3,(H,15,17). The lowest BCUT2D eigenvalue weighted by molar-refractivity contribution is -0.384. The van der Waals surface area contributed by atoms with Crippen molar-refractivity contribution in [1.82, 2.24) is 0 Å². The van der Waals surface area contributed by atoms with Crippen molar-refractivity contribution in [3.8, 4) is 0 Å². The fourth-order valence-electron chi connectivity index (χ4n) is 1.20. The first-order valence-corrected chi connectivity index (χ1v) is 4.88. The quantitative estimate of drug-likeness (QED) is 0.523. The second-order valence-electron chi connectivity index (χ2n) is 3.66. The van der Waals surface area contributed by atoms with Crippen molar-refractivity contribution in [3.05, 3.63) is 33.9 Å². The third-order valence-electron chi connectivity index (χ3n) is 2.17. The average molecular weight is 280 g/mol. The molecule has 1 amide bonds. The molecule has 0 atom stereocenters. The third-order valence-corrected chi connectivity index (χ3v) is 2.17. The number of amides is 1. The topological polar surface area (TPSA) is 72.2 Å². The van der Waals surface area contributed by atoms with Crippen molar-refractivity contribution in [1.29, 1.82) is 0 Å². The Balaban J connectivity index is 3.07. The Labute approximate surface area is 104 Å². The number of alkyl halides is 4. The van der Waals surface area contributed by atoms with Gasteiger partial charge in [0, 0.05) is 6.07 Å². The van der Waals surface area contributed by atoms with Gasteiger partial charge in [0.15, 0.2) is 0 Å². The lowest BCUT2D eigenvalue weighted by Crippen LogP contribution is -2.41. The van der Waals surface area contributed by atoms with Gasteiger partial charge in [-0.15, -0.1) is 0 Å². The highest BCUT2D eigenvalue weighted by Crippen LogP contribution is 2.29. The van der Waals surface area contributed by atoms with Gasteiger partial charge in [-0.25, -0.2) is 8.78 Å². The summed E-state index contributed by atoms with van der Waals surface area (Å²) in [5, 5.41) is 12.1. The molecule has 0 saturated heterocycles. The molecule has 0 radical (unpaired) electrons. The fraction of sp³-hybridized carbons (Fsp3) is 0.300. The summed E-state index contributed by atoms with van der Waals surface area (Å²) < 4.78 is 49.3. The zero-order valence-electron chi connectivity index (χ0n) is 9.49. The van der Waals surface area contributed by atoms with E-state index < -0.39 is 34.6 Å². The van der Waals surface area contributed by atoms with Gasteiger partial charge in [-0.05, 0) is 18.6 Å². The predicted molar refractivity (Wildman–Crippen MR) is 57.4 cm³/mol. The number of anilines is 1. The van der Waals surface area contributed by atoms with E-state index >= 15 is 0 Å². The molecule has 1 aromatic rings. The first kappa shape index (κ1) is 14.9. The van der Waals surface area contributed by atoms with Crippen molar-refractivity contribution in [2.75, 3.05) is 5.32 Å². The van der Waals surface area contributed by atoms with Crippen LogP contribution in [0.1, 0.15) is 5.56 Å². The minimum atomic E-state index is -4.92. The van der Waals surface area contributed by atoms with E-state index in [4.69, 9.17) is 0 Å². The summed E-state index contributed by atoms with van der Waals surface area (Å²) in [6.07, 6.45) is -4.20. The van der Waals surface area contributed by atoms with E-state index in [0.29, 0.717) is 5.56 Å². The highest BCUT2D eigenvalue weighted by atomic mass is 19.3. The smallest absolute Gasteiger partial charge is 0.315 e. The lowest BCUT2D eigenvalue weighted by atomic mass is 10.2. The van der Waals surface area contributed by atoms with E-state index in [1.165, 1.54) is 18.3 Å². The van der Waals surface area contributed by atoms with Crippen LogP contribution in [0, 0.1) is 17.0 Å². The molecule has 0 fully saturated rings. The molecule has 0 saturated carbocycles. The number of aryl methyl sites for hydroxylation is 1. The molecular weight excluding hydrogens is 272 g/mol. The number of halogens is 4. The number of carbonyl (C=O) groups excluding carboxylic acids is 1. The van der Waals surface area contributed by atoms with Gasteiger partial charge in [-0.3, -0.25) is 14.9 Å². The molecule has 0 unspecified atom stereocenters. The highest BCUT2D eigenvalue weighted by molar-refractivity contribution is 5.98. The molecule has 0 aliphatic carbocycles. The molecule has 0 aromatic heterocycles. The molecule has 5 nitrogen and oxygen atoms in total. The van der Waals surface area contributed by atoms with Crippen LogP contribution in [-0.4, -0.2) is 23.2 Å². The summed E-state index contributed by atoms with van der Waals surface area (Å²) in [6.45, 7) is 1.51. The number of rotatable bonds is 4. The Morgan fingerprint density at radius 2 is 2.00 bits per heavy atom. The van der Waals surface area contributed by atoms with E-state index in [2.05, 4.69) is 0 Å². The summed E-state index contributed by atoms with van der Waals surface area (Å²) in [6, 6.07) is 3.33. The molecule has 9 heteroatoms. The molecule has 0 aliphatic heterocycles. The Morgan fingerprint density at radius 3 is 2.47 bits per heavy atom. The maximum absolute atomic E-state index is 12.7. The highest BCUT2D eigenvalue weighted by Gasteiger charge is 2.49. The van der Waals surface area contributed by atoms with E-state index in [1.54, 1.807) is 0 Å². The predicted octanol–water partition coefficient (Wildman–Crippen LogP) is 2.74. The Kier molecular flexibility index (Phi) is 4.07. The maximum Gasteiger partial charge on any atom is 0.383 e. The third kappa shape index (κ3) is 3.18. The monoisotopic (exact) mass is 280 g/mol.